The van der Waals surface area contributed by atoms with Gasteiger partial charge >= 0.3 is 6.09 Å². The minimum absolute atomic E-state index is 0.0207. The van der Waals surface area contributed by atoms with Crippen LogP contribution < -0.4 is 4.74 Å². The molecule has 0 saturated carbocycles. The first kappa shape index (κ1) is 22.8. The lowest BCUT2D eigenvalue weighted by Crippen LogP contribution is -2.42. The smallest absolute Gasteiger partial charge is 0.410 e. The standard InChI is InChI=1S/C23H34N2O4/c1-17(19-9-7-8-10-20(19)28-6)15-21(26)25-13-11-18(12-14-25)16-24(5)22(27)29-23(2,3)4/h7-10,15,18H,11-14,16H2,1-6H3/b17-15+. The monoisotopic (exact) mass is 402 g/mol. The molecular weight excluding hydrogens is 368 g/mol. The van der Waals surface area contributed by atoms with Gasteiger partial charge in [-0.2, -0.15) is 0 Å². The topological polar surface area (TPSA) is 59.1 Å². The van der Waals surface area contributed by atoms with Crippen LogP contribution in [0.1, 0.15) is 46.1 Å². The predicted molar refractivity (Wildman–Crippen MR) is 115 cm³/mol. The average molecular weight is 403 g/mol. The fraction of sp³-hybridized carbons (Fsp3) is 0.565. The van der Waals surface area contributed by atoms with E-state index in [4.69, 9.17) is 9.47 Å². The Morgan fingerprint density at radius 1 is 1.21 bits per heavy atom. The summed E-state index contributed by atoms with van der Waals surface area (Å²) in [5.74, 6) is 1.15. The Labute approximate surface area is 174 Å². The number of allylic oxidation sites excluding steroid dienone is 1. The lowest BCUT2D eigenvalue weighted by molar-refractivity contribution is -0.127. The molecule has 6 heteroatoms. The second kappa shape index (κ2) is 9.81. The summed E-state index contributed by atoms with van der Waals surface area (Å²) >= 11 is 0. The Morgan fingerprint density at radius 2 is 1.83 bits per heavy atom. The highest BCUT2D eigenvalue weighted by Gasteiger charge is 2.26. The largest absolute Gasteiger partial charge is 0.496 e. The maximum Gasteiger partial charge on any atom is 0.410 e. The summed E-state index contributed by atoms with van der Waals surface area (Å²) in [5.41, 5.74) is 1.32. The van der Waals surface area contributed by atoms with Gasteiger partial charge in [-0.1, -0.05) is 18.2 Å². The van der Waals surface area contributed by atoms with Crippen molar-refractivity contribution in [3.05, 3.63) is 35.9 Å². The Hall–Kier alpha value is -2.50. The summed E-state index contributed by atoms with van der Waals surface area (Å²) in [6, 6.07) is 7.70. The zero-order chi connectivity index (χ0) is 21.6. The molecule has 1 heterocycles. The Morgan fingerprint density at radius 3 is 2.41 bits per heavy atom. The molecule has 1 saturated heterocycles. The molecule has 0 atom stereocenters. The first-order chi connectivity index (χ1) is 13.6. The number of methoxy groups -OCH3 is 1. The summed E-state index contributed by atoms with van der Waals surface area (Å²) < 4.78 is 10.8. The van der Waals surface area contributed by atoms with Crippen molar-refractivity contribution in [2.45, 2.75) is 46.1 Å². The van der Waals surface area contributed by atoms with Crippen molar-refractivity contribution in [1.29, 1.82) is 0 Å². The molecule has 2 rings (SSSR count). The van der Waals surface area contributed by atoms with Gasteiger partial charge in [0, 0.05) is 38.3 Å². The molecular formula is C23H34N2O4. The van der Waals surface area contributed by atoms with Gasteiger partial charge in [-0.15, -0.1) is 0 Å². The van der Waals surface area contributed by atoms with Crippen molar-refractivity contribution < 1.29 is 19.1 Å². The summed E-state index contributed by atoms with van der Waals surface area (Å²) in [6.45, 7) is 9.56. The Balaban J connectivity index is 1.88. The van der Waals surface area contributed by atoms with Crippen LogP contribution in [0, 0.1) is 5.92 Å². The molecule has 0 aromatic heterocycles. The molecule has 2 amide bonds. The molecule has 1 aromatic carbocycles. The lowest BCUT2D eigenvalue weighted by Gasteiger charge is -2.34. The van der Waals surface area contributed by atoms with Gasteiger partial charge in [0.2, 0.25) is 5.91 Å². The van der Waals surface area contributed by atoms with Crippen LogP contribution in [-0.2, 0) is 9.53 Å². The van der Waals surface area contributed by atoms with E-state index in [1.807, 2.05) is 56.9 Å². The van der Waals surface area contributed by atoms with E-state index in [9.17, 15) is 9.59 Å². The quantitative estimate of drug-likeness (QED) is 0.693. The molecule has 0 radical (unpaired) electrons. The molecule has 1 aliphatic rings. The van der Waals surface area contributed by atoms with Crippen LogP contribution in [0.25, 0.3) is 5.57 Å². The van der Waals surface area contributed by atoms with Crippen molar-refractivity contribution >= 4 is 17.6 Å². The van der Waals surface area contributed by atoms with Crippen molar-refractivity contribution in [3.8, 4) is 5.75 Å². The third-order valence-electron chi connectivity index (χ3n) is 5.04. The van der Waals surface area contributed by atoms with Gasteiger partial charge in [0.05, 0.1) is 7.11 Å². The minimum atomic E-state index is -0.493. The van der Waals surface area contributed by atoms with E-state index < -0.39 is 5.60 Å². The number of nitrogens with zero attached hydrogens (tertiary/aromatic N) is 2. The molecule has 1 fully saturated rings. The third-order valence-corrected chi connectivity index (χ3v) is 5.04. The van der Waals surface area contributed by atoms with E-state index in [2.05, 4.69) is 0 Å². The van der Waals surface area contributed by atoms with Crippen LogP contribution in [-0.4, -0.2) is 61.2 Å². The number of likely N-dealkylation sites (tertiary alicyclic amines) is 1. The maximum absolute atomic E-state index is 12.7. The summed E-state index contributed by atoms with van der Waals surface area (Å²) in [6.07, 6.45) is 3.14. The molecule has 0 N–H and O–H groups in total. The van der Waals surface area contributed by atoms with Crippen LogP contribution in [0.3, 0.4) is 0 Å². The first-order valence-electron chi connectivity index (χ1n) is 10.2. The molecule has 0 aliphatic carbocycles. The number of amides is 2. The van der Waals surface area contributed by atoms with Crippen molar-refractivity contribution in [2.24, 2.45) is 5.92 Å². The molecule has 0 spiro atoms. The van der Waals surface area contributed by atoms with Crippen molar-refractivity contribution in [1.82, 2.24) is 9.80 Å². The van der Waals surface area contributed by atoms with Gasteiger partial charge in [0.1, 0.15) is 11.4 Å². The number of carbonyl (C=O) groups is 2. The summed E-state index contributed by atoms with van der Waals surface area (Å²) in [5, 5.41) is 0. The zero-order valence-electron chi connectivity index (χ0n) is 18.5. The van der Waals surface area contributed by atoms with E-state index in [1.165, 1.54) is 0 Å². The average Bonchev–Trinajstić information content (AvgIpc) is 2.67. The highest BCUT2D eigenvalue weighted by Crippen LogP contribution is 2.26. The van der Waals surface area contributed by atoms with Gasteiger partial charge < -0.3 is 19.3 Å². The van der Waals surface area contributed by atoms with Gasteiger partial charge in [0.25, 0.3) is 0 Å². The van der Waals surface area contributed by atoms with E-state index in [0.717, 1.165) is 29.7 Å². The number of hydrogen-bond acceptors (Lipinski definition) is 4. The number of para-hydroxylation sites is 1. The molecule has 0 unspecified atom stereocenters. The van der Waals surface area contributed by atoms with Crippen LogP contribution >= 0.6 is 0 Å². The van der Waals surface area contributed by atoms with Crippen molar-refractivity contribution in [3.63, 3.8) is 0 Å². The normalized spacial score (nSPS) is 15.8. The number of benzene rings is 1. The maximum atomic E-state index is 12.7. The molecule has 29 heavy (non-hydrogen) atoms. The third kappa shape index (κ3) is 6.80. The number of ether oxygens (including phenoxy) is 2. The molecule has 0 bridgehead atoms. The highest BCUT2D eigenvalue weighted by atomic mass is 16.6. The summed E-state index contributed by atoms with van der Waals surface area (Å²) in [4.78, 5) is 28.3. The van der Waals surface area contributed by atoms with E-state index in [0.29, 0.717) is 25.6 Å². The number of piperidine rings is 1. The minimum Gasteiger partial charge on any atom is -0.496 e. The Kier molecular flexibility index (Phi) is 7.71. The van der Waals surface area contributed by atoms with Gasteiger partial charge in [-0.3, -0.25) is 4.79 Å². The Bertz CT molecular complexity index is 743. The van der Waals surface area contributed by atoms with Gasteiger partial charge in [-0.05, 0) is 58.1 Å². The first-order valence-corrected chi connectivity index (χ1v) is 10.2. The molecule has 6 nitrogen and oxygen atoms in total. The summed E-state index contributed by atoms with van der Waals surface area (Å²) in [7, 11) is 3.40. The van der Waals surface area contributed by atoms with Crippen molar-refractivity contribution in [2.75, 3.05) is 33.8 Å². The number of rotatable bonds is 5. The zero-order valence-corrected chi connectivity index (χ0v) is 18.5. The van der Waals surface area contributed by atoms with E-state index >= 15 is 0 Å². The molecule has 1 aromatic rings. The van der Waals surface area contributed by atoms with Gasteiger partial charge in [0.15, 0.2) is 0 Å². The van der Waals surface area contributed by atoms with E-state index in [-0.39, 0.29) is 12.0 Å². The second-order valence-electron chi connectivity index (χ2n) is 8.66. The van der Waals surface area contributed by atoms with Crippen LogP contribution in [0.4, 0.5) is 4.79 Å². The number of hydrogen-bond donors (Lipinski definition) is 0. The van der Waals surface area contributed by atoms with Crippen LogP contribution in [0.15, 0.2) is 30.3 Å². The van der Waals surface area contributed by atoms with Crippen LogP contribution in [0.2, 0.25) is 0 Å². The second-order valence-corrected chi connectivity index (χ2v) is 8.66. The van der Waals surface area contributed by atoms with Gasteiger partial charge in [-0.25, -0.2) is 4.79 Å². The highest BCUT2D eigenvalue weighted by molar-refractivity contribution is 5.95. The fourth-order valence-corrected chi connectivity index (χ4v) is 3.46. The SMILES string of the molecule is COc1ccccc1/C(C)=C/C(=O)N1CCC(CN(C)C(=O)OC(C)(C)C)CC1. The van der Waals surface area contributed by atoms with Crippen LogP contribution in [0.5, 0.6) is 5.75 Å². The lowest BCUT2D eigenvalue weighted by atomic mass is 9.96. The predicted octanol–water partition coefficient (Wildman–Crippen LogP) is 4.20. The number of carbonyl (C=O) groups excluding carboxylic acids is 2. The molecule has 160 valence electrons. The fourth-order valence-electron chi connectivity index (χ4n) is 3.46. The van der Waals surface area contributed by atoms with E-state index in [1.54, 1.807) is 25.1 Å². The molecule has 1 aliphatic heterocycles.